The molecule has 4 aromatic carbocycles. The van der Waals surface area contributed by atoms with Crippen molar-refractivity contribution >= 4 is 41.7 Å². The largest absolute Gasteiger partial charge is 0.497 e. The fraction of sp³-hybridized carbons (Fsp3) is 0.0833. The lowest BCUT2D eigenvalue weighted by Crippen LogP contribution is -2.38. The number of aliphatic hydroxyl groups is 1. The van der Waals surface area contributed by atoms with Crippen LogP contribution in [0.15, 0.2) is 191 Å². The minimum atomic E-state index is -3.53. The molecular weight excluding hydrogens is 712 g/mol. The summed E-state index contributed by atoms with van der Waals surface area (Å²) in [5.41, 5.74) is 13.0. The Labute approximate surface area is 325 Å². The minimum absolute atomic E-state index is 0.0244. The second-order valence-electron chi connectivity index (χ2n) is 13.8. The maximum Gasteiger partial charge on any atom is 0.497 e. The van der Waals surface area contributed by atoms with Gasteiger partial charge in [-0.25, -0.2) is 9.98 Å². The minimum Gasteiger partial charge on any atom is -0.396 e. The third-order valence-corrected chi connectivity index (χ3v) is 13.5. The number of hydrogen-bond donors (Lipinski definition) is 1. The molecule has 10 rings (SSSR count). The van der Waals surface area contributed by atoms with Gasteiger partial charge in [-0.1, -0.05) is 121 Å². The van der Waals surface area contributed by atoms with Crippen LogP contribution in [0.4, 0.5) is 0 Å². The first kappa shape index (κ1) is 34.3. The van der Waals surface area contributed by atoms with E-state index < -0.39 is 8.02 Å². The van der Waals surface area contributed by atoms with Crippen molar-refractivity contribution in [2.45, 2.75) is 6.42 Å². The van der Waals surface area contributed by atoms with Gasteiger partial charge in [0, 0.05) is 28.9 Å². The summed E-state index contributed by atoms with van der Waals surface area (Å²) in [6.07, 6.45) is 8.94. The normalized spacial score (nSPS) is 18.1. The molecule has 8 heteroatoms. The van der Waals surface area contributed by atoms with E-state index in [4.69, 9.17) is 19.0 Å². The van der Waals surface area contributed by atoms with Gasteiger partial charge in [-0.3, -0.25) is 0 Å². The smallest absolute Gasteiger partial charge is 0.396 e. The summed E-state index contributed by atoms with van der Waals surface area (Å²) >= 11 is 0. The highest BCUT2D eigenvalue weighted by atomic mass is 31.2. The van der Waals surface area contributed by atoms with Crippen molar-refractivity contribution in [1.29, 1.82) is 0 Å². The fourth-order valence-corrected chi connectivity index (χ4v) is 11.2. The first-order chi connectivity index (χ1) is 27.7. The molecule has 1 N–H and O–H groups in total. The van der Waals surface area contributed by atoms with Crippen LogP contribution >= 0.6 is 8.02 Å². The summed E-state index contributed by atoms with van der Waals surface area (Å²) in [5.74, 6) is 0. The molecule has 6 heterocycles. The first-order valence-electron chi connectivity index (χ1n) is 18.9. The zero-order chi connectivity index (χ0) is 37.6. The van der Waals surface area contributed by atoms with E-state index in [0.717, 1.165) is 89.4 Å². The molecule has 0 spiro atoms. The molecule has 0 saturated carbocycles. The topological polar surface area (TPSA) is 73.3 Å². The van der Waals surface area contributed by atoms with Gasteiger partial charge in [-0.05, 0) is 77.2 Å². The van der Waals surface area contributed by atoms with Crippen LogP contribution in [0.3, 0.4) is 0 Å². The predicted octanol–water partition coefficient (Wildman–Crippen LogP) is 8.37. The number of allylic oxidation sites excluding steroid dienone is 4. The summed E-state index contributed by atoms with van der Waals surface area (Å²) in [6.45, 7) is 0.226. The lowest BCUT2D eigenvalue weighted by Gasteiger charge is -2.29. The Morgan fingerprint density at radius 3 is 1.30 bits per heavy atom. The predicted molar refractivity (Wildman–Crippen MR) is 226 cm³/mol. The number of hydrogen-bond acceptors (Lipinski definition) is 5. The molecule has 6 bridgehead atoms. The van der Waals surface area contributed by atoms with Gasteiger partial charge in [0.05, 0.1) is 52.0 Å². The summed E-state index contributed by atoms with van der Waals surface area (Å²) < 4.78 is 19.1. The first-order valence-corrected chi connectivity index (χ1v) is 20.4. The maximum atomic E-state index is 10.2. The molecular formula is C48H38N4O3P+. The standard InChI is InChI=1S/C48H38N4O3P/c1-54-56(55-32-14-31-53)51-41-27-28-42(51)47(35-19-10-4-11-20-35)39-25-26-40(50-39)48(36-21-12-5-13-22-36)44-30-29-43(52(44)56)46(34-17-8-3-9-18-34)38-24-23-37(49-38)45(41)33-15-6-2-7-16-33/h2-13,15-30,53H,14,31-32H2,1H3/q+1. The number of aromatic nitrogens is 2. The highest BCUT2D eigenvalue weighted by Crippen LogP contribution is 2.65. The summed E-state index contributed by atoms with van der Waals surface area (Å²) in [7, 11) is -1.77. The third kappa shape index (κ3) is 5.43. The van der Waals surface area contributed by atoms with Crippen LogP contribution in [0.1, 0.15) is 40.1 Å². The Balaban J connectivity index is 1.50. The van der Waals surface area contributed by atoms with Gasteiger partial charge in [-0.15, -0.1) is 8.68 Å². The fourth-order valence-electron chi connectivity index (χ4n) is 8.24. The van der Waals surface area contributed by atoms with Crippen LogP contribution in [-0.4, -0.2) is 45.5 Å². The molecule has 6 aromatic rings. The van der Waals surface area contributed by atoms with Crippen LogP contribution in [0.2, 0.25) is 0 Å². The Hall–Kier alpha value is -6.21. The molecule has 0 saturated heterocycles. The van der Waals surface area contributed by atoms with Gasteiger partial charge in [0.2, 0.25) is 0 Å². The van der Waals surface area contributed by atoms with Crippen molar-refractivity contribution in [3.8, 4) is 0 Å². The van der Waals surface area contributed by atoms with E-state index in [-0.39, 0.29) is 13.2 Å². The van der Waals surface area contributed by atoms with E-state index in [1.165, 1.54) is 0 Å². The number of aliphatic imine (C=N–C) groups is 2. The van der Waals surface area contributed by atoms with Crippen LogP contribution in [0.25, 0.3) is 22.3 Å². The molecule has 0 fully saturated rings. The maximum absolute atomic E-state index is 10.2. The molecule has 4 aliphatic heterocycles. The highest BCUT2D eigenvalue weighted by Gasteiger charge is 2.54. The van der Waals surface area contributed by atoms with Gasteiger partial charge in [0.15, 0.2) is 0 Å². The molecule has 1 atom stereocenters. The Kier molecular flexibility index (Phi) is 8.66. The van der Waals surface area contributed by atoms with Gasteiger partial charge < -0.3 is 5.11 Å². The van der Waals surface area contributed by atoms with Gasteiger partial charge in [0.1, 0.15) is 6.61 Å². The van der Waals surface area contributed by atoms with Gasteiger partial charge in [0.25, 0.3) is 0 Å². The number of fused-ring (bicyclic) bond motifs is 2. The molecule has 1 unspecified atom stereocenters. The summed E-state index contributed by atoms with van der Waals surface area (Å²) in [4.78, 5) is 11.0. The number of rotatable bonds is 9. The van der Waals surface area contributed by atoms with Crippen LogP contribution in [0.5, 0.6) is 0 Å². The molecule has 4 aliphatic rings. The van der Waals surface area contributed by atoms with E-state index in [2.05, 4.69) is 154 Å². The second-order valence-corrected chi connectivity index (χ2v) is 16.2. The van der Waals surface area contributed by atoms with E-state index in [1.54, 1.807) is 7.11 Å². The van der Waals surface area contributed by atoms with Crippen molar-refractivity contribution in [2.75, 3.05) is 20.3 Å². The Bertz CT molecular complexity index is 2650. The third-order valence-electron chi connectivity index (χ3n) is 10.6. The van der Waals surface area contributed by atoms with Crippen LogP contribution in [0, 0.1) is 0 Å². The van der Waals surface area contributed by atoms with Crippen molar-refractivity contribution in [2.24, 2.45) is 9.98 Å². The van der Waals surface area contributed by atoms with E-state index in [1.807, 2.05) is 24.3 Å². The average Bonchev–Trinajstić information content (AvgIpc) is 4.09. The van der Waals surface area contributed by atoms with Crippen molar-refractivity contribution < 1.29 is 14.2 Å². The van der Waals surface area contributed by atoms with Crippen LogP contribution < -0.4 is 10.7 Å². The molecule has 0 amide bonds. The number of nitrogens with zero attached hydrogens (tertiary/aromatic N) is 4. The summed E-state index contributed by atoms with van der Waals surface area (Å²) in [6, 6.07) is 50.5. The second kappa shape index (κ2) is 14.1. The zero-order valence-electron chi connectivity index (χ0n) is 30.8. The number of aliphatic hydroxyl groups excluding tert-OH is 1. The monoisotopic (exact) mass is 749 g/mol. The van der Waals surface area contributed by atoms with Crippen molar-refractivity contribution in [1.82, 2.24) is 8.68 Å². The van der Waals surface area contributed by atoms with Crippen molar-refractivity contribution in [3.05, 3.63) is 226 Å². The average molecular weight is 750 g/mol. The van der Waals surface area contributed by atoms with Gasteiger partial charge in [-0.2, -0.15) is 9.05 Å². The molecule has 7 nitrogen and oxygen atoms in total. The quantitative estimate of drug-likeness (QED) is 0.119. The SMILES string of the molecule is CO[P+]1(OCCCO)n2c3ccc2C(c2ccccc2)=C2C=CC(=N2)C(c2ccccc2)=c2ccc(n21)=C(c1ccccc1)C1=NC(=C3c2ccccc2)C=C1. The molecule has 0 radical (unpaired) electrons. The molecule has 56 heavy (non-hydrogen) atoms. The highest BCUT2D eigenvalue weighted by molar-refractivity contribution is 7.63. The van der Waals surface area contributed by atoms with Crippen molar-refractivity contribution in [3.63, 3.8) is 0 Å². The lowest BCUT2D eigenvalue weighted by atomic mass is 10.0. The molecule has 272 valence electrons. The van der Waals surface area contributed by atoms with E-state index in [0.29, 0.717) is 6.42 Å². The Morgan fingerprint density at radius 1 is 0.500 bits per heavy atom. The Morgan fingerprint density at radius 2 is 0.911 bits per heavy atom. The zero-order valence-corrected chi connectivity index (χ0v) is 31.7. The molecule has 2 aromatic heterocycles. The molecule has 0 aliphatic carbocycles. The summed E-state index contributed by atoms with van der Waals surface area (Å²) in [5, 5.41) is 12.0. The van der Waals surface area contributed by atoms with Crippen LogP contribution in [-0.2, 0) is 9.05 Å². The van der Waals surface area contributed by atoms with E-state index >= 15 is 0 Å². The lowest BCUT2D eigenvalue weighted by molar-refractivity contribution is 0.207. The number of benzene rings is 4. The van der Waals surface area contributed by atoms with E-state index in [9.17, 15) is 5.11 Å². The van der Waals surface area contributed by atoms with Gasteiger partial charge >= 0.3 is 8.02 Å².